The van der Waals surface area contributed by atoms with Gasteiger partial charge in [0.25, 0.3) is 11.5 Å². The summed E-state index contributed by atoms with van der Waals surface area (Å²) < 4.78 is 2.76. The van der Waals surface area contributed by atoms with E-state index in [0.717, 1.165) is 12.8 Å². The molecule has 152 valence electrons. The molecule has 3 heterocycles. The number of aliphatic hydroxyl groups excluding tert-OH is 1. The monoisotopic (exact) mass is 389 g/mol. The van der Waals surface area contributed by atoms with Crippen molar-refractivity contribution in [1.29, 1.82) is 0 Å². The fraction of sp³-hybridized carbons (Fsp3) is 0.632. The van der Waals surface area contributed by atoms with E-state index in [-0.39, 0.29) is 22.9 Å². The first kappa shape index (κ1) is 18.8. The third kappa shape index (κ3) is 3.46. The van der Waals surface area contributed by atoms with Gasteiger partial charge in [0.05, 0.1) is 6.10 Å². The number of aromatic nitrogens is 3. The first-order valence-corrected chi connectivity index (χ1v) is 9.73. The van der Waals surface area contributed by atoms with Crippen molar-refractivity contribution in [2.24, 2.45) is 5.41 Å². The Morgan fingerprint density at radius 3 is 2.61 bits per heavy atom. The number of β-amino-alcohol motifs (C(OH)–C–C–N with tert-alkyl or cyclic N) is 1. The van der Waals surface area contributed by atoms with E-state index in [1.54, 1.807) is 10.6 Å². The molecule has 1 atom stereocenters. The van der Waals surface area contributed by atoms with Gasteiger partial charge in [0.15, 0.2) is 11.4 Å². The zero-order chi connectivity index (χ0) is 20.2. The number of nitrogens with one attached hydrogen (secondary N) is 1. The Labute approximate surface area is 162 Å². The van der Waals surface area contributed by atoms with Crippen molar-refractivity contribution in [3.63, 3.8) is 0 Å². The van der Waals surface area contributed by atoms with Gasteiger partial charge in [-0.3, -0.25) is 14.2 Å². The van der Waals surface area contributed by atoms with Crippen molar-refractivity contribution in [2.45, 2.75) is 58.7 Å². The van der Waals surface area contributed by atoms with Gasteiger partial charge in [-0.05, 0) is 24.7 Å². The van der Waals surface area contributed by atoms with E-state index in [1.165, 1.54) is 4.52 Å². The number of aliphatic hydroxyl groups is 1. The van der Waals surface area contributed by atoms with Crippen LogP contribution < -0.4 is 15.8 Å². The van der Waals surface area contributed by atoms with Crippen LogP contribution in [0.1, 0.15) is 50.4 Å². The lowest BCUT2D eigenvalue weighted by atomic mass is 9.96. The molecule has 2 aliphatic rings. The third-order valence-corrected chi connectivity index (χ3v) is 5.10. The minimum absolute atomic E-state index is 0.0670. The molecule has 0 bridgehead atoms. The van der Waals surface area contributed by atoms with Crippen LogP contribution in [-0.4, -0.2) is 55.5 Å². The number of anilines is 1. The van der Waals surface area contributed by atoms with Gasteiger partial charge in [-0.1, -0.05) is 20.8 Å². The summed E-state index contributed by atoms with van der Waals surface area (Å²) in [5.74, 6) is -0.350. The summed E-state index contributed by atoms with van der Waals surface area (Å²) in [6.07, 6.45) is 1.98. The molecule has 0 aromatic carbocycles. The third-order valence-electron chi connectivity index (χ3n) is 5.10. The number of carbonyl (C=O) groups excluding carboxylic acids is 1. The number of hydrogen-bond donors (Lipinski definition) is 3. The normalized spacial score (nSPS) is 20.1. The highest BCUT2D eigenvalue weighted by Gasteiger charge is 2.31. The average molecular weight is 389 g/mol. The second-order valence-electron chi connectivity index (χ2n) is 9.06. The summed E-state index contributed by atoms with van der Waals surface area (Å²) >= 11 is 0. The minimum atomic E-state index is -0.637. The molecule has 1 saturated heterocycles. The van der Waals surface area contributed by atoms with Gasteiger partial charge in [-0.15, -0.1) is 5.10 Å². The highest BCUT2D eigenvalue weighted by Crippen LogP contribution is 2.28. The highest BCUT2D eigenvalue weighted by molar-refractivity contribution is 5.96. The molecule has 1 unspecified atom stereocenters. The number of nitrogens with zero attached hydrogens (tertiary/aromatic N) is 4. The Morgan fingerprint density at radius 2 is 2.04 bits per heavy atom. The summed E-state index contributed by atoms with van der Waals surface area (Å²) in [4.78, 5) is 27.5. The van der Waals surface area contributed by atoms with Crippen LogP contribution in [0, 0.1) is 5.41 Å². The van der Waals surface area contributed by atoms with Gasteiger partial charge in [-0.25, -0.2) is 0 Å². The van der Waals surface area contributed by atoms with E-state index in [2.05, 4.69) is 10.4 Å². The maximum Gasteiger partial charge on any atom is 0.291 e. The Hall–Kier alpha value is -2.55. The van der Waals surface area contributed by atoms with E-state index >= 15 is 0 Å². The molecular formula is C19H27N5O4. The summed E-state index contributed by atoms with van der Waals surface area (Å²) in [7, 11) is 0. The quantitative estimate of drug-likeness (QED) is 0.710. The maximum atomic E-state index is 13.0. The largest absolute Gasteiger partial charge is 0.494 e. The zero-order valence-corrected chi connectivity index (χ0v) is 16.5. The first-order valence-electron chi connectivity index (χ1n) is 9.73. The topological polar surface area (TPSA) is 112 Å². The molecular weight excluding hydrogens is 362 g/mol. The van der Waals surface area contributed by atoms with Crippen molar-refractivity contribution in [3.05, 3.63) is 22.0 Å². The summed E-state index contributed by atoms with van der Waals surface area (Å²) in [5.41, 5.74) is -0.690. The van der Waals surface area contributed by atoms with Crippen LogP contribution in [0.3, 0.4) is 0 Å². The molecule has 2 fully saturated rings. The smallest absolute Gasteiger partial charge is 0.291 e. The Kier molecular flexibility index (Phi) is 4.37. The number of aromatic hydroxyl groups is 1. The van der Waals surface area contributed by atoms with E-state index in [4.69, 9.17) is 0 Å². The van der Waals surface area contributed by atoms with Gasteiger partial charge in [0, 0.05) is 31.7 Å². The lowest BCUT2D eigenvalue weighted by Crippen LogP contribution is -2.35. The lowest BCUT2D eigenvalue weighted by Gasteiger charge is -2.23. The number of amides is 1. The fourth-order valence-electron chi connectivity index (χ4n) is 3.56. The van der Waals surface area contributed by atoms with Crippen LogP contribution in [0.4, 0.5) is 5.82 Å². The molecule has 28 heavy (non-hydrogen) atoms. The molecule has 1 saturated carbocycles. The van der Waals surface area contributed by atoms with Crippen LogP contribution in [0.2, 0.25) is 0 Å². The Morgan fingerprint density at radius 1 is 1.32 bits per heavy atom. The van der Waals surface area contributed by atoms with Crippen LogP contribution >= 0.6 is 0 Å². The van der Waals surface area contributed by atoms with E-state index in [0.29, 0.717) is 37.5 Å². The number of hydrogen-bond acceptors (Lipinski definition) is 6. The van der Waals surface area contributed by atoms with Gasteiger partial charge < -0.3 is 20.4 Å². The molecule has 1 aliphatic heterocycles. The van der Waals surface area contributed by atoms with Gasteiger partial charge in [0.1, 0.15) is 5.65 Å². The van der Waals surface area contributed by atoms with Crippen molar-refractivity contribution in [3.8, 4) is 5.88 Å². The van der Waals surface area contributed by atoms with Gasteiger partial charge >= 0.3 is 0 Å². The van der Waals surface area contributed by atoms with E-state index in [9.17, 15) is 19.8 Å². The van der Waals surface area contributed by atoms with Crippen LogP contribution in [0.5, 0.6) is 5.88 Å². The second kappa shape index (κ2) is 6.51. The fourth-order valence-corrected chi connectivity index (χ4v) is 3.56. The standard InChI is InChI=1S/C19H27N5O4/c1-19(2,3)10-23-14-8-13(22-7-6-12(25)9-22)21-24(14)18(28)15(17(23)27)16(26)20-11-4-5-11/h8,11-12,25,27H,4-7,9-10H2,1-3H3,(H,20,26). The Balaban J connectivity index is 1.87. The molecule has 4 rings (SSSR count). The summed E-state index contributed by atoms with van der Waals surface area (Å²) in [5, 5.41) is 27.9. The summed E-state index contributed by atoms with van der Waals surface area (Å²) in [6, 6.07) is 1.80. The highest BCUT2D eigenvalue weighted by atomic mass is 16.3. The number of rotatable bonds is 4. The molecule has 9 nitrogen and oxygen atoms in total. The van der Waals surface area contributed by atoms with Crippen molar-refractivity contribution >= 4 is 17.4 Å². The van der Waals surface area contributed by atoms with Crippen molar-refractivity contribution in [2.75, 3.05) is 18.0 Å². The molecule has 3 N–H and O–H groups in total. The maximum absolute atomic E-state index is 13.0. The second-order valence-corrected chi connectivity index (χ2v) is 9.06. The number of fused-ring (bicyclic) bond motifs is 1. The zero-order valence-electron chi connectivity index (χ0n) is 16.5. The molecule has 9 heteroatoms. The minimum Gasteiger partial charge on any atom is -0.494 e. The van der Waals surface area contributed by atoms with Crippen LogP contribution in [0.25, 0.3) is 5.65 Å². The van der Waals surface area contributed by atoms with Gasteiger partial charge in [0.2, 0.25) is 5.88 Å². The SMILES string of the molecule is CC(C)(C)Cn1c(O)c(C(=O)NC2CC2)c(=O)n2nc(N3CCC(O)C3)cc12. The molecule has 0 spiro atoms. The van der Waals surface area contributed by atoms with Gasteiger partial charge in [-0.2, -0.15) is 4.52 Å². The van der Waals surface area contributed by atoms with Crippen LogP contribution in [-0.2, 0) is 6.54 Å². The molecule has 2 aromatic rings. The van der Waals surface area contributed by atoms with E-state index < -0.39 is 17.6 Å². The lowest BCUT2D eigenvalue weighted by molar-refractivity contribution is 0.0944. The van der Waals surface area contributed by atoms with E-state index in [1.807, 2.05) is 25.7 Å². The molecule has 1 amide bonds. The molecule has 0 radical (unpaired) electrons. The van der Waals surface area contributed by atoms with Crippen molar-refractivity contribution < 1.29 is 15.0 Å². The van der Waals surface area contributed by atoms with Crippen molar-refractivity contribution in [1.82, 2.24) is 19.5 Å². The predicted molar refractivity (Wildman–Crippen MR) is 104 cm³/mol. The summed E-state index contributed by atoms with van der Waals surface area (Å²) in [6.45, 7) is 7.52. The predicted octanol–water partition coefficient (Wildman–Crippen LogP) is 0.711. The molecule has 2 aromatic heterocycles. The first-order chi connectivity index (χ1) is 13.1. The Bertz CT molecular complexity index is 983. The number of carbonyl (C=O) groups is 1. The average Bonchev–Trinajstić information content (AvgIpc) is 3.12. The van der Waals surface area contributed by atoms with Crippen LogP contribution in [0.15, 0.2) is 10.9 Å². The molecule has 1 aliphatic carbocycles.